The first-order chi connectivity index (χ1) is 12.6. The number of carbonyl (C=O) groups excluding carboxylic acids is 1. The average molecular weight is 370 g/mol. The van der Waals surface area contributed by atoms with Crippen molar-refractivity contribution in [1.82, 2.24) is 20.2 Å². The molecular formula is C16H14N6O3S. The van der Waals surface area contributed by atoms with Crippen LogP contribution in [-0.2, 0) is 4.79 Å². The Bertz CT molecular complexity index is 930. The number of benzene rings is 2. The van der Waals surface area contributed by atoms with E-state index < -0.39 is 10.2 Å². The number of amides is 1. The third-order valence-electron chi connectivity index (χ3n) is 3.45. The second-order valence-electron chi connectivity index (χ2n) is 5.23. The highest BCUT2D eigenvalue weighted by Crippen LogP contribution is 2.27. The Morgan fingerprint density at radius 2 is 1.88 bits per heavy atom. The smallest absolute Gasteiger partial charge is 0.292 e. The number of nitro groups is 1. The highest BCUT2D eigenvalue weighted by molar-refractivity contribution is 8.00. The van der Waals surface area contributed by atoms with E-state index in [0.29, 0.717) is 5.16 Å². The van der Waals surface area contributed by atoms with Gasteiger partial charge in [0.25, 0.3) is 5.69 Å². The number of rotatable bonds is 6. The minimum atomic E-state index is -0.566. The van der Waals surface area contributed by atoms with E-state index >= 15 is 0 Å². The molecule has 1 N–H and O–H groups in total. The predicted molar refractivity (Wildman–Crippen MR) is 96.2 cm³/mol. The number of tetrazole rings is 1. The standard InChI is InChI=1S/C16H14N6O3S/c1-11(15(23)17-13-9-5-6-10-14(13)22(24)25)26-16-18-19-20-21(16)12-7-3-2-4-8-12/h2-11H,1H3,(H,17,23)/t11-/m1/s1. The van der Waals surface area contributed by atoms with Gasteiger partial charge in [-0.2, -0.15) is 4.68 Å². The molecule has 0 radical (unpaired) electrons. The highest BCUT2D eigenvalue weighted by atomic mass is 32.2. The summed E-state index contributed by atoms with van der Waals surface area (Å²) in [4.78, 5) is 22.9. The van der Waals surface area contributed by atoms with Crippen molar-refractivity contribution in [3.63, 3.8) is 0 Å². The number of aromatic nitrogens is 4. The highest BCUT2D eigenvalue weighted by Gasteiger charge is 2.22. The minimum Gasteiger partial charge on any atom is -0.319 e. The minimum absolute atomic E-state index is 0.151. The normalized spacial score (nSPS) is 11.7. The van der Waals surface area contributed by atoms with Gasteiger partial charge in [-0.05, 0) is 35.5 Å². The van der Waals surface area contributed by atoms with Crippen LogP contribution in [0.4, 0.5) is 11.4 Å². The first-order valence-electron chi connectivity index (χ1n) is 7.61. The van der Waals surface area contributed by atoms with Crippen LogP contribution in [0.3, 0.4) is 0 Å². The number of carbonyl (C=O) groups is 1. The zero-order valence-corrected chi connectivity index (χ0v) is 14.5. The van der Waals surface area contributed by atoms with Gasteiger partial charge in [0.1, 0.15) is 5.69 Å². The van der Waals surface area contributed by atoms with E-state index in [1.165, 1.54) is 16.8 Å². The summed E-state index contributed by atoms with van der Waals surface area (Å²) >= 11 is 1.16. The van der Waals surface area contributed by atoms with Crippen LogP contribution in [0.15, 0.2) is 59.8 Å². The van der Waals surface area contributed by atoms with Gasteiger partial charge in [-0.1, -0.05) is 42.1 Å². The molecule has 1 amide bonds. The van der Waals surface area contributed by atoms with Crippen molar-refractivity contribution in [2.24, 2.45) is 0 Å². The van der Waals surface area contributed by atoms with Crippen molar-refractivity contribution in [3.05, 3.63) is 64.7 Å². The van der Waals surface area contributed by atoms with Crippen molar-refractivity contribution in [2.45, 2.75) is 17.3 Å². The fourth-order valence-electron chi connectivity index (χ4n) is 2.17. The van der Waals surface area contributed by atoms with Crippen LogP contribution < -0.4 is 5.32 Å². The van der Waals surface area contributed by atoms with Gasteiger partial charge in [0.15, 0.2) is 0 Å². The maximum Gasteiger partial charge on any atom is 0.292 e. The summed E-state index contributed by atoms with van der Waals surface area (Å²) in [6.07, 6.45) is 0. The molecule has 0 bridgehead atoms. The Balaban J connectivity index is 1.74. The van der Waals surface area contributed by atoms with Crippen LogP contribution in [0, 0.1) is 10.1 Å². The molecule has 0 unspecified atom stereocenters. The van der Waals surface area contributed by atoms with Gasteiger partial charge in [-0.15, -0.1) is 5.10 Å². The predicted octanol–water partition coefficient (Wildman–Crippen LogP) is 2.69. The third kappa shape index (κ3) is 3.86. The van der Waals surface area contributed by atoms with Gasteiger partial charge in [0.05, 0.1) is 15.9 Å². The summed E-state index contributed by atoms with van der Waals surface area (Å²) < 4.78 is 1.53. The molecule has 10 heteroatoms. The maximum absolute atomic E-state index is 12.4. The Labute approximate surface area is 152 Å². The Morgan fingerprint density at radius 1 is 1.19 bits per heavy atom. The molecule has 0 aliphatic carbocycles. The van der Waals surface area contributed by atoms with Gasteiger partial charge in [-0.3, -0.25) is 14.9 Å². The van der Waals surface area contributed by atoms with E-state index in [1.54, 1.807) is 19.1 Å². The number of nitro benzene ring substituents is 1. The topological polar surface area (TPSA) is 116 Å². The molecule has 26 heavy (non-hydrogen) atoms. The van der Waals surface area contributed by atoms with E-state index in [4.69, 9.17) is 0 Å². The molecule has 0 spiro atoms. The maximum atomic E-state index is 12.4. The van der Waals surface area contributed by atoms with Crippen LogP contribution in [0.5, 0.6) is 0 Å². The van der Waals surface area contributed by atoms with Gasteiger partial charge in [0.2, 0.25) is 11.1 Å². The van der Waals surface area contributed by atoms with Crippen LogP contribution in [0.25, 0.3) is 5.69 Å². The molecule has 2 aromatic carbocycles. The zero-order valence-electron chi connectivity index (χ0n) is 13.6. The van der Waals surface area contributed by atoms with E-state index in [9.17, 15) is 14.9 Å². The van der Waals surface area contributed by atoms with E-state index in [0.717, 1.165) is 17.4 Å². The molecule has 1 heterocycles. The molecule has 132 valence electrons. The van der Waals surface area contributed by atoms with Crippen LogP contribution >= 0.6 is 11.8 Å². The zero-order chi connectivity index (χ0) is 18.5. The largest absolute Gasteiger partial charge is 0.319 e. The van der Waals surface area contributed by atoms with Crippen molar-refractivity contribution in [2.75, 3.05) is 5.32 Å². The molecule has 0 fully saturated rings. The number of nitrogens with one attached hydrogen (secondary N) is 1. The lowest BCUT2D eigenvalue weighted by atomic mass is 10.2. The second-order valence-corrected chi connectivity index (χ2v) is 6.54. The molecule has 0 aliphatic rings. The SMILES string of the molecule is C[C@@H](Sc1nnnn1-c1ccccc1)C(=O)Nc1ccccc1[N+](=O)[O-]. The molecule has 3 rings (SSSR count). The average Bonchev–Trinajstić information content (AvgIpc) is 3.10. The number of hydrogen-bond acceptors (Lipinski definition) is 7. The van der Waals surface area contributed by atoms with E-state index in [2.05, 4.69) is 20.8 Å². The Hall–Kier alpha value is -3.27. The molecule has 9 nitrogen and oxygen atoms in total. The van der Waals surface area contributed by atoms with Crippen molar-refractivity contribution in [3.8, 4) is 5.69 Å². The summed E-state index contributed by atoms with van der Waals surface area (Å²) in [5, 5.41) is 25.0. The first kappa shape index (κ1) is 17.5. The molecule has 0 saturated carbocycles. The van der Waals surface area contributed by atoms with Crippen molar-refractivity contribution in [1.29, 1.82) is 0 Å². The van der Waals surface area contributed by atoms with Crippen LogP contribution in [0.1, 0.15) is 6.92 Å². The summed E-state index contributed by atoms with van der Waals surface area (Å²) in [5.74, 6) is -0.382. The molecule has 1 atom stereocenters. The van der Waals surface area contributed by atoms with Gasteiger partial charge >= 0.3 is 0 Å². The lowest BCUT2D eigenvalue weighted by Crippen LogP contribution is -2.23. The van der Waals surface area contributed by atoms with E-state index in [1.807, 2.05) is 30.3 Å². The quantitative estimate of drug-likeness (QED) is 0.403. The first-order valence-corrected chi connectivity index (χ1v) is 8.49. The number of thioether (sulfide) groups is 1. The third-order valence-corrected chi connectivity index (χ3v) is 4.48. The fraction of sp³-hybridized carbons (Fsp3) is 0.125. The Morgan fingerprint density at radius 3 is 2.62 bits per heavy atom. The lowest BCUT2D eigenvalue weighted by molar-refractivity contribution is -0.383. The summed E-state index contributed by atoms with van der Waals surface area (Å²) in [5.41, 5.74) is 0.760. The summed E-state index contributed by atoms with van der Waals surface area (Å²) in [7, 11) is 0. The molecule has 0 aliphatic heterocycles. The number of para-hydroxylation sites is 3. The van der Waals surface area contributed by atoms with Crippen LogP contribution in [0.2, 0.25) is 0 Å². The van der Waals surface area contributed by atoms with Gasteiger partial charge < -0.3 is 5.32 Å². The molecular weight excluding hydrogens is 356 g/mol. The van der Waals surface area contributed by atoms with Gasteiger partial charge in [-0.25, -0.2) is 0 Å². The number of hydrogen-bond donors (Lipinski definition) is 1. The fourth-order valence-corrected chi connectivity index (χ4v) is 2.98. The second kappa shape index (κ2) is 7.74. The molecule has 0 saturated heterocycles. The van der Waals surface area contributed by atoms with Crippen molar-refractivity contribution >= 4 is 29.0 Å². The van der Waals surface area contributed by atoms with Crippen molar-refractivity contribution < 1.29 is 9.72 Å². The lowest BCUT2D eigenvalue weighted by Gasteiger charge is -2.11. The number of anilines is 1. The monoisotopic (exact) mass is 370 g/mol. The molecule has 3 aromatic rings. The Kier molecular flexibility index (Phi) is 5.23. The van der Waals surface area contributed by atoms with Gasteiger partial charge in [0, 0.05) is 6.07 Å². The molecule has 1 aromatic heterocycles. The van der Waals surface area contributed by atoms with Crippen LogP contribution in [-0.4, -0.2) is 36.3 Å². The summed E-state index contributed by atoms with van der Waals surface area (Å²) in [6.45, 7) is 1.68. The number of nitrogens with zero attached hydrogens (tertiary/aromatic N) is 5. The summed E-state index contributed by atoms with van der Waals surface area (Å²) in [6, 6.07) is 15.3. The van der Waals surface area contributed by atoms with E-state index in [-0.39, 0.29) is 17.3 Å².